The Morgan fingerprint density at radius 1 is 1.37 bits per heavy atom. The van der Waals surface area contributed by atoms with Gasteiger partial charge in [0.05, 0.1) is 5.69 Å². The van der Waals surface area contributed by atoms with E-state index in [1.54, 1.807) is 31.2 Å². The molecule has 3 nitrogen and oxygen atoms in total. The summed E-state index contributed by atoms with van der Waals surface area (Å²) < 4.78 is 19.3. The second kappa shape index (κ2) is 5.84. The molecule has 1 aromatic heterocycles. The summed E-state index contributed by atoms with van der Waals surface area (Å²) in [7, 11) is 0. The van der Waals surface area contributed by atoms with Crippen LogP contribution in [0.4, 0.5) is 10.1 Å². The molecule has 0 unspecified atom stereocenters. The van der Waals surface area contributed by atoms with E-state index in [-0.39, 0.29) is 11.5 Å². The Kier molecular flexibility index (Phi) is 4.16. The normalized spacial score (nSPS) is 10.9. The van der Waals surface area contributed by atoms with Crippen LogP contribution in [-0.2, 0) is 0 Å². The molecule has 0 aliphatic rings. The Hall–Kier alpha value is -1.88. The van der Waals surface area contributed by atoms with E-state index in [9.17, 15) is 9.18 Å². The minimum Gasteiger partial charge on any atom is -0.458 e. The van der Waals surface area contributed by atoms with Gasteiger partial charge in [0.25, 0.3) is 0 Å². The van der Waals surface area contributed by atoms with Gasteiger partial charge in [-0.05, 0) is 37.3 Å². The summed E-state index contributed by atoms with van der Waals surface area (Å²) in [5.74, 6) is 0.244. The highest BCUT2D eigenvalue weighted by Crippen LogP contribution is 2.19. The van der Waals surface area contributed by atoms with E-state index in [0.29, 0.717) is 15.9 Å². The van der Waals surface area contributed by atoms with Gasteiger partial charge < -0.3 is 9.73 Å². The highest BCUT2D eigenvalue weighted by molar-refractivity contribution is 9.10. The molecule has 1 N–H and O–H groups in total. The van der Waals surface area contributed by atoms with Gasteiger partial charge in [0.1, 0.15) is 11.6 Å². The van der Waals surface area contributed by atoms with Crippen molar-refractivity contribution in [3.05, 3.63) is 64.4 Å². The number of furan rings is 1. The first-order chi connectivity index (χ1) is 9.06. The first-order valence-corrected chi connectivity index (χ1v) is 6.34. The molecule has 0 aliphatic carbocycles. The summed E-state index contributed by atoms with van der Waals surface area (Å²) in [6, 6.07) is 7.93. The SMILES string of the molecule is Cc1ccc(C(=O)/C=C/Nc2ccc(Br)cc2F)o1. The van der Waals surface area contributed by atoms with Gasteiger partial charge in [0.15, 0.2) is 5.76 Å². The lowest BCUT2D eigenvalue weighted by Gasteiger charge is -2.02. The highest BCUT2D eigenvalue weighted by atomic mass is 79.9. The molecule has 0 saturated heterocycles. The van der Waals surface area contributed by atoms with Gasteiger partial charge in [0, 0.05) is 16.7 Å². The number of ketones is 1. The Labute approximate surface area is 118 Å². The smallest absolute Gasteiger partial charge is 0.222 e. The number of hydrogen-bond donors (Lipinski definition) is 1. The maximum atomic E-state index is 13.5. The maximum absolute atomic E-state index is 13.5. The van der Waals surface area contributed by atoms with E-state index in [4.69, 9.17) is 4.42 Å². The Morgan fingerprint density at radius 2 is 2.16 bits per heavy atom. The highest BCUT2D eigenvalue weighted by Gasteiger charge is 2.06. The van der Waals surface area contributed by atoms with Crippen molar-refractivity contribution < 1.29 is 13.6 Å². The van der Waals surface area contributed by atoms with Gasteiger partial charge in [-0.1, -0.05) is 15.9 Å². The fourth-order valence-electron chi connectivity index (χ4n) is 1.46. The lowest BCUT2D eigenvalue weighted by atomic mass is 10.3. The maximum Gasteiger partial charge on any atom is 0.222 e. The van der Waals surface area contributed by atoms with E-state index >= 15 is 0 Å². The summed E-state index contributed by atoms with van der Waals surface area (Å²) in [5.41, 5.74) is 0.294. The number of hydrogen-bond acceptors (Lipinski definition) is 3. The van der Waals surface area contributed by atoms with Crippen molar-refractivity contribution in [1.82, 2.24) is 0 Å². The average molecular weight is 324 g/mol. The summed E-state index contributed by atoms with van der Waals surface area (Å²) >= 11 is 3.17. The first kappa shape index (κ1) is 13.5. The molecule has 5 heteroatoms. The minimum absolute atomic E-state index is 0.256. The van der Waals surface area contributed by atoms with E-state index in [0.717, 1.165) is 0 Å². The number of benzene rings is 1. The van der Waals surface area contributed by atoms with Crippen molar-refractivity contribution in [2.24, 2.45) is 0 Å². The molecule has 1 aromatic carbocycles. The summed E-state index contributed by atoms with van der Waals surface area (Å²) in [5, 5.41) is 2.71. The van der Waals surface area contributed by atoms with Crippen LogP contribution in [0.1, 0.15) is 16.3 Å². The molecule has 0 bridgehead atoms. The van der Waals surface area contributed by atoms with E-state index in [1.807, 2.05) is 0 Å². The summed E-state index contributed by atoms with van der Waals surface area (Å²) in [6.07, 6.45) is 2.67. The first-order valence-electron chi connectivity index (χ1n) is 5.55. The predicted molar refractivity (Wildman–Crippen MR) is 74.6 cm³/mol. The van der Waals surface area contributed by atoms with Gasteiger partial charge in [-0.25, -0.2) is 4.39 Å². The molecule has 2 aromatic rings. The van der Waals surface area contributed by atoms with Gasteiger partial charge in [-0.15, -0.1) is 0 Å². The van der Waals surface area contributed by atoms with Crippen molar-refractivity contribution >= 4 is 27.4 Å². The van der Waals surface area contributed by atoms with Crippen molar-refractivity contribution in [3.63, 3.8) is 0 Å². The van der Waals surface area contributed by atoms with Crippen LogP contribution in [-0.4, -0.2) is 5.78 Å². The third-order valence-corrected chi connectivity index (χ3v) is 2.88. The number of rotatable bonds is 4. The number of halogens is 2. The second-order valence-electron chi connectivity index (χ2n) is 3.88. The lowest BCUT2D eigenvalue weighted by molar-refractivity contribution is 0.102. The molecule has 0 radical (unpaired) electrons. The zero-order chi connectivity index (χ0) is 13.8. The molecule has 0 aliphatic heterocycles. The van der Waals surface area contributed by atoms with Crippen molar-refractivity contribution in [2.75, 3.05) is 5.32 Å². The molecule has 0 atom stereocenters. The Morgan fingerprint density at radius 3 is 2.79 bits per heavy atom. The van der Waals surface area contributed by atoms with Crippen LogP contribution < -0.4 is 5.32 Å². The zero-order valence-corrected chi connectivity index (χ0v) is 11.7. The van der Waals surface area contributed by atoms with Crippen LogP contribution in [0.2, 0.25) is 0 Å². The lowest BCUT2D eigenvalue weighted by Crippen LogP contribution is -1.96. The third kappa shape index (κ3) is 3.54. The molecule has 0 amide bonds. The Bertz CT molecular complexity index is 634. The molecule has 98 valence electrons. The fraction of sp³-hybridized carbons (Fsp3) is 0.0714. The van der Waals surface area contributed by atoms with Crippen LogP contribution in [0.3, 0.4) is 0 Å². The number of carbonyl (C=O) groups excluding carboxylic acids is 1. The number of allylic oxidation sites excluding steroid dienone is 1. The molecule has 0 fully saturated rings. The number of anilines is 1. The zero-order valence-electron chi connectivity index (χ0n) is 10.1. The molecule has 19 heavy (non-hydrogen) atoms. The molecule has 2 rings (SSSR count). The van der Waals surface area contributed by atoms with Gasteiger partial charge in [-0.2, -0.15) is 0 Å². The van der Waals surface area contributed by atoms with Crippen molar-refractivity contribution in [2.45, 2.75) is 6.92 Å². The largest absolute Gasteiger partial charge is 0.458 e. The average Bonchev–Trinajstić information content (AvgIpc) is 2.78. The monoisotopic (exact) mass is 323 g/mol. The number of aryl methyl sites for hydroxylation is 1. The van der Waals surface area contributed by atoms with Crippen LogP contribution in [0.5, 0.6) is 0 Å². The van der Waals surface area contributed by atoms with Crippen molar-refractivity contribution in [1.29, 1.82) is 0 Å². The standard InChI is InChI=1S/C14H11BrFNO2/c1-9-2-5-14(19-9)13(18)6-7-17-12-4-3-10(15)8-11(12)16/h2-8,17H,1H3/b7-6+. The Balaban J connectivity index is 2.02. The molecule has 0 saturated carbocycles. The minimum atomic E-state index is -0.402. The molecular weight excluding hydrogens is 313 g/mol. The van der Waals surface area contributed by atoms with Crippen LogP contribution >= 0.6 is 15.9 Å². The van der Waals surface area contributed by atoms with Crippen LogP contribution in [0.15, 0.2) is 51.5 Å². The predicted octanol–water partition coefficient (Wildman–Crippen LogP) is 4.30. The van der Waals surface area contributed by atoms with E-state index in [2.05, 4.69) is 21.2 Å². The third-order valence-electron chi connectivity index (χ3n) is 2.39. The quantitative estimate of drug-likeness (QED) is 0.673. The van der Waals surface area contributed by atoms with Crippen LogP contribution in [0, 0.1) is 12.7 Å². The van der Waals surface area contributed by atoms with Crippen molar-refractivity contribution in [3.8, 4) is 0 Å². The molecular formula is C14H11BrFNO2. The van der Waals surface area contributed by atoms with Gasteiger partial charge >= 0.3 is 0 Å². The van der Waals surface area contributed by atoms with Gasteiger partial charge in [0.2, 0.25) is 5.78 Å². The number of carbonyl (C=O) groups is 1. The molecule has 0 spiro atoms. The summed E-state index contributed by atoms with van der Waals surface area (Å²) in [4.78, 5) is 11.7. The second-order valence-corrected chi connectivity index (χ2v) is 4.79. The molecule has 1 heterocycles. The summed E-state index contributed by atoms with van der Waals surface area (Å²) in [6.45, 7) is 1.76. The van der Waals surface area contributed by atoms with Crippen LogP contribution in [0.25, 0.3) is 0 Å². The van der Waals surface area contributed by atoms with E-state index < -0.39 is 5.82 Å². The fourth-order valence-corrected chi connectivity index (χ4v) is 1.80. The topological polar surface area (TPSA) is 42.2 Å². The van der Waals surface area contributed by atoms with Gasteiger partial charge in [-0.3, -0.25) is 4.79 Å². The number of nitrogens with one attached hydrogen (secondary N) is 1. The van der Waals surface area contributed by atoms with E-state index in [1.165, 1.54) is 18.3 Å².